The van der Waals surface area contributed by atoms with E-state index >= 15 is 0 Å². The molecule has 0 atom stereocenters. The average molecular weight is 294 g/mol. The third-order valence-electron chi connectivity index (χ3n) is 3.33. The number of hydrogen-bond donors (Lipinski definition) is 1. The van der Waals surface area contributed by atoms with Crippen LogP contribution in [-0.2, 0) is 10.0 Å². The Balaban J connectivity index is 2.08. The molecule has 20 heavy (non-hydrogen) atoms. The van der Waals surface area contributed by atoms with Gasteiger partial charge in [0.1, 0.15) is 0 Å². The Bertz CT molecular complexity index is 576. The van der Waals surface area contributed by atoms with E-state index in [1.165, 1.54) is 17.6 Å². The summed E-state index contributed by atoms with van der Waals surface area (Å²) in [5, 5.41) is 0. The number of nitrogens with one attached hydrogen (secondary N) is 1. The maximum Gasteiger partial charge on any atom is 0.229 e. The van der Waals surface area contributed by atoms with Crippen molar-refractivity contribution in [1.82, 2.24) is 4.90 Å². The minimum absolute atomic E-state index is 0.609. The summed E-state index contributed by atoms with van der Waals surface area (Å²) in [7, 11) is -3.20. The van der Waals surface area contributed by atoms with Gasteiger partial charge >= 0.3 is 0 Å². The Kier molecular flexibility index (Phi) is 4.83. The maximum absolute atomic E-state index is 11.2. The van der Waals surface area contributed by atoms with Crippen molar-refractivity contribution in [1.29, 1.82) is 0 Å². The van der Waals surface area contributed by atoms with Crippen LogP contribution < -0.4 is 4.72 Å². The first kappa shape index (κ1) is 15.1. The first-order valence-corrected chi connectivity index (χ1v) is 8.86. The van der Waals surface area contributed by atoms with Gasteiger partial charge in [-0.1, -0.05) is 25.1 Å². The minimum Gasteiger partial charge on any atom is -0.299 e. The summed E-state index contributed by atoms with van der Waals surface area (Å²) in [4.78, 5) is 2.46. The molecular weight excluding hydrogens is 272 g/mol. The number of anilines is 1. The van der Waals surface area contributed by atoms with E-state index in [1.54, 1.807) is 0 Å². The molecule has 0 amide bonds. The number of rotatable bonds is 5. The summed E-state index contributed by atoms with van der Waals surface area (Å²) in [6, 6.07) is 7.59. The van der Waals surface area contributed by atoms with Crippen LogP contribution in [0.1, 0.15) is 25.3 Å². The van der Waals surface area contributed by atoms with Gasteiger partial charge in [-0.25, -0.2) is 8.42 Å². The second-order valence-electron chi connectivity index (χ2n) is 5.25. The van der Waals surface area contributed by atoms with Gasteiger partial charge in [0.2, 0.25) is 10.0 Å². The smallest absolute Gasteiger partial charge is 0.229 e. The summed E-state index contributed by atoms with van der Waals surface area (Å²) in [6.07, 6.45) is 5.70. The highest BCUT2D eigenvalue weighted by Gasteiger charge is 2.13. The predicted molar refractivity (Wildman–Crippen MR) is 84.2 cm³/mol. The van der Waals surface area contributed by atoms with Crippen LogP contribution in [0.5, 0.6) is 0 Å². The fraction of sp³-hybridized carbons (Fsp3) is 0.467. The van der Waals surface area contributed by atoms with Crippen LogP contribution in [0.3, 0.4) is 0 Å². The fourth-order valence-electron chi connectivity index (χ4n) is 2.49. The molecule has 5 heteroatoms. The molecule has 1 aliphatic rings. The van der Waals surface area contributed by atoms with Gasteiger partial charge in [-0.15, -0.1) is 0 Å². The van der Waals surface area contributed by atoms with Crippen LogP contribution in [0.25, 0.3) is 5.57 Å². The fourth-order valence-corrected chi connectivity index (χ4v) is 3.05. The molecule has 4 nitrogen and oxygen atoms in total. The normalized spacial score (nSPS) is 16.8. The number of hydrogen-bond acceptors (Lipinski definition) is 3. The van der Waals surface area contributed by atoms with Crippen molar-refractivity contribution in [3.05, 3.63) is 35.9 Å². The molecule has 0 radical (unpaired) electrons. The number of nitrogens with zero attached hydrogens (tertiary/aromatic N) is 1. The van der Waals surface area contributed by atoms with E-state index in [9.17, 15) is 8.42 Å². The lowest BCUT2D eigenvalue weighted by Crippen LogP contribution is -2.30. The van der Waals surface area contributed by atoms with Crippen LogP contribution in [0, 0.1) is 0 Å². The van der Waals surface area contributed by atoms with Crippen LogP contribution in [-0.4, -0.2) is 39.2 Å². The zero-order valence-electron chi connectivity index (χ0n) is 12.1. The van der Waals surface area contributed by atoms with E-state index in [4.69, 9.17) is 0 Å². The van der Waals surface area contributed by atoms with E-state index in [0.717, 1.165) is 32.3 Å². The zero-order chi connectivity index (χ0) is 14.6. The number of benzene rings is 1. The molecule has 1 aromatic rings. The molecule has 110 valence electrons. The standard InChI is InChI=1S/C15H22N2O2S/c1-3-10-17-11-4-5-14(12-17)13-6-8-15(9-7-13)16-20(2,18)19/h5-9,16H,3-4,10-12H2,1-2H3. The second kappa shape index (κ2) is 6.41. The van der Waals surface area contributed by atoms with Crippen molar-refractivity contribution >= 4 is 21.3 Å². The molecule has 1 aliphatic heterocycles. The molecule has 1 heterocycles. The molecule has 0 spiro atoms. The average Bonchev–Trinajstić information content (AvgIpc) is 2.38. The van der Waals surface area contributed by atoms with Gasteiger partial charge in [-0.05, 0) is 42.7 Å². The third kappa shape index (κ3) is 4.35. The van der Waals surface area contributed by atoms with Gasteiger partial charge in [-0.3, -0.25) is 9.62 Å². The summed E-state index contributed by atoms with van der Waals surface area (Å²) < 4.78 is 24.8. The van der Waals surface area contributed by atoms with Crippen LogP contribution in [0.4, 0.5) is 5.69 Å². The van der Waals surface area contributed by atoms with Crippen molar-refractivity contribution in [3.8, 4) is 0 Å². The number of sulfonamides is 1. The summed E-state index contributed by atoms with van der Waals surface area (Å²) >= 11 is 0. The molecule has 1 N–H and O–H groups in total. The van der Waals surface area contributed by atoms with Crippen LogP contribution in [0.15, 0.2) is 30.3 Å². The van der Waals surface area contributed by atoms with E-state index < -0.39 is 10.0 Å². The Hall–Kier alpha value is -1.33. The van der Waals surface area contributed by atoms with E-state index in [-0.39, 0.29) is 0 Å². The molecule has 0 saturated carbocycles. The highest BCUT2D eigenvalue weighted by Crippen LogP contribution is 2.22. The molecule has 0 aromatic heterocycles. The van der Waals surface area contributed by atoms with Gasteiger partial charge in [-0.2, -0.15) is 0 Å². The van der Waals surface area contributed by atoms with E-state index in [1.807, 2.05) is 24.3 Å². The highest BCUT2D eigenvalue weighted by atomic mass is 32.2. The minimum atomic E-state index is -3.20. The van der Waals surface area contributed by atoms with Crippen molar-refractivity contribution in [2.24, 2.45) is 0 Å². The lowest BCUT2D eigenvalue weighted by atomic mass is 10.0. The summed E-state index contributed by atoms with van der Waals surface area (Å²) in [5.41, 5.74) is 3.11. The molecule has 2 rings (SSSR count). The quantitative estimate of drug-likeness (QED) is 0.908. The second-order valence-corrected chi connectivity index (χ2v) is 6.99. The molecule has 0 aliphatic carbocycles. The largest absolute Gasteiger partial charge is 0.299 e. The SMILES string of the molecule is CCCN1CCC=C(c2ccc(NS(C)(=O)=O)cc2)C1. The molecule has 1 aromatic carbocycles. The van der Waals surface area contributed by atoms with Gasteiger partial charge in [0.15, 0.2) is 0 Å². The summed E-state index contributed by atoms with van der Waals surface area (Å²) in [5.74, 6) is 0. The topological polar surface area (TPSA) is 49.4 Å². The van der Waals surface area contributed by atoms with Crippen molar-refractivity contribution in [3.63, 3.8) is 0 Å². The molecule has 0 fully saturated rings. The highest BCUT2D eigenvalue weighted by molar-refractivity contribution is 7.92. The van der Waals surface area contributed by atoms with Crippen molar-refractivity contribution in [2.75, 3.05) is 30.6 Å². The Morgan fingerprint density at radius 1 is 1.25 bits per heavy atom. The van der Waals surface area contributed by atoms with Gasteiger partial charge in [0.25, 0.3) is 0 Å². The Morgan fingerprint density at radius 2 is 1.95 bits per heavy atom. The lowest BCUT2D eigenvalue weighted by molar-refractivity contribution is 0.305. The first-order valence-electron chi connectivity index (χ1n) is 6.97. The Morgan fingerprint density at radius 3 is 2.55 bits per heavy atom. The molecule has 0 bridgehead atoms. The van der Waals surface area contributed by atoms with E-state index in [0.29, 0.717) is 5.69 Å². The van der Waals surface area contributed by atoms with Crippen molar-refractivity contribution in [2.45, 2.75) is 19.8 Å². The molecule has 0 unspecified atom stereocenters. The lowest BCUT2D eigenvalue weighted by Gasteiger charge is -2.27. The van der Waals surface area contributed by atoms with Crippen LogP contribution >= 0.6 is 0 Å². The van der Waals surface area contributed by atoms with Crippen LogP contribution in [0.2, 0.25) is 0 Å². The third-order valence-corrected chi connectivity index (χ3v) is 3.94. The first-order chi connectivity index (χ1) is 9.48. The van der Waals surface area contributed by atoms with Gasteiger partial charge in [0.05, 0.1) is 6.26 Å². The molecule has 0 saturated heterocycles. The monoisotopic (exact) mass is 294 g/mol. The maximum atomic E-state index is 11.2. The van der Waals surface area contributed by atoms with Crippen molar-refractivity contribution < 1.29 is 8.42 Å². The zero-order valence-corrected chi connectivity index (χ0v) is 12.9. The Labute approximate surface area is 121 Å². The van der Waals surface area contributed by atoms with Gasteiger partial charge < -0.3 is 0 Å². The molecular formula is C15H22N2O2S. The predicted octanol–water partition coefficient (Wildman–Crippen LogP) is 2.56. The van der Waals surface area contributed by atoms with Gasteiger partial charge in [0, 0.05) is 18.8 Å². The van der Waals surface area contributed by atoms with E-state index in [2.05, 4.69) is 22.6 Å². The summed E-state index contributed by atoms with van der Waals surface area (Å²) in [6.45, 7) is 5.44.